The summed E-state index contributed by atoms with van der Waals surface area (Å²) in [6.07, 6.45) is 3.08. The Hall–Kier alpha value is -1.84. The average Bonchev–Trinajstić information content (AvgIpc) is 2.39. The van der Waals surface area contributed by atoms with Crippen molar-refractivity contribution in [2.75, 3.05) is 0 Å². The second-order valence-corrected chi connectivity index (χ2v) is 5.53. The van der Waals surface area contributed by atoms with Gasteiger partial charge in [-0.2, -0.15) is 5.26 Å². The number of nitriles is 1. The second-order valence-electron chi connectivity index (χ2n) is 3.53. The van der Waals surface area contributed by atoms with E-state index in [9.17, 15) is 4.79 Å². The molecule has 2 rings (SSSR count). The maximum atomic E-state index is 11.2. The number of aromatic nitrogens is 1. The molecule has 0 radical (unpaired) electrons. The van der Waals surface area contributed by atoms with Gasteiger partial charge in [0.05, 0.1) is 11.1 Å². The first-order valence-electron chi connectivity index (χ1n) is 5.16. The van der Waals surface area contributed by atoms with Crippen LogP contribution in [0.15, 0.2) is 50.9 Å². The molecule has 0 saturated heterocycles. The summed E-state index contributed by atoms with van der Waals surface area (Å²) in [5.41, 5.74) is 0.664. The molecule has 0 unspecified atom stereocenters. The fourth-order valence-electron chi connectivity index (χ4n) is 1.43. The zero-order chi connectivity index (χ0) is 13.8. The molecular weight excluding hydrogens is 328 g/mol. The smallest absolute Gasteiger partial charge is 0.336 e. The van der Waals surface area contributed by atoms with Crippen LogP contribution in [0.2, 0.25) is 0 Å². The minimum Gasteiger partial charge on any atom is -0.478 e. The van der Waals surface area contributed by atoms with Gasteiger partial charge in [-0.3, -0.25) is 4.98 Å². The van der Waals surface area contributed by atoms with Crippen LogP contribution in [0, 0.1) is 11.3 Å². The maximum Gasteiger partial charge on any atom is 0.336 e. The van der Waals surface area contributed by atoms with Crippen molar-refractivity contribution < 1.29 is 9.90 Å². The minimum atomic E-state index is -1.00. The van der Waals surface area contributed by atoms with Gasteiger partial charge in [-0.15, -0.1) is 0 Å². The van der Waals surface area contributed by atoms with E-state index in [4.69, 9.17) is 10.4 Å². The van der Waals surface area contributed by atoms with Crippen molar-refractivity contribution in [3.63, 3.8) is 0 Å². The van der Waals surface area contributed by atoms with Crippen LogP contribution in [0.3, 0.4) is 0 Å². The van der Waals surface area contributed by atoms with E-state index < -0.39 is 5.97 Å². The lowest BCUT2D eigenvalue weighted by Crippen LogP contribution is -1.98. The number of carboxylic acids is 1. The van der Waals surface area contributed by atoms with Gasteiger partial charge in [0.15, 0.2) is 0 Å². The Balaban J connectivity index is 2.46. The molecule has 1 N–H and O–H groups in total. The topological polar surface area (TPSA) is 74.0 Å². The second kappa shape index (κ2) is 5.87. The number of pyridine rings is 1. The Morgan fingerprint density at radius 3 is 2.84 bits per heavy atom. The molecular formula is C13H7BrN2O2S. The Kier molecular flexibility index (Phi) is 4.20. The highest BCUT2D eigenvalue weighted by molar-refractivity contribution is 9.10. The van der Waals surface area contributed by atoms with E-state index in [0.29, 0.717) is 15.4 Å². The quantitative estimate of drug-likeness (QED) is 0.928. The molecule has 1 aromatic heterocycles. The van der Waals surface area contributed by atoms with E-state index in [-0.39, 0.29) is 5.56 Å². The van der Waals surface area contributed by atoms with Crippen LogP contribution in [-0.4, -0.2) is 16.1 Å². The van der Waals surface area contributed by atoms with Gasteiger partial charge in [0.2, 0.25) is 0 Å². The highest BCUT2D eigenvalue weighted by Gasteiger charge is 2.13. The molecule has 6 heteroatoms. The number of nitrogens with zero attached hydrogens (tertiary/aromatic N) is 2. The highest BCUT2D eigenvalue weighted by atomic mass is 79.9. The fraction of sp³-hybridized carbons (Fsp3) is 0. The molecule has 0 aliphatic carbocycles. The van der Waals surface area contributed by atoms with Crippen LogP contribution in [0.25, 0.3) is 0 Å². The average molecular weight is 335 g/mol. The van der Waals surface area contributed by atoms with Crippen molar-refractivity contribution in [2.24, 2.45) is 0 Å². The summed E-state index contributed by atoms with van der Waals surface area (Å²) in [4.78, 5) is 16.3. The first kappa shape index (κ1) is 13.6. The van der Waals surface area contributed by atoms with Crippen LogP contribution >= 0.6 is 27.7 Å². The van der Waals surface area contributed by atoms with Crippen molar-refractivity contribution in [1.29, 1.82) is 5.26 Å². The van der Waals surface area contributed by atoms with Gasteiger partial charge in [-0.05, 0) is 24.3 Å². The lowest BCUT2D eigenvalue weighted by Gasteiger charge is -2.07. The molecule has 1 aromatic carbocycles. The number of hydrogen-bond acceptors (Lipinski definition) is 4. The number of rotatable bonds is 3. The summed E-state index contributed by atoms with van der Waals surface area (Å²) >= 11 is 4.52. The summed E-state index contributed by atoms with van der Waals surface area (Å²) in [7, 11) is 0. The fourth-order valence-corrected chi connectivity index (χ4v) is 2.97. The first-order chi connectivity index (χ1) is 9.11. The molecule has 0 atom stereocenters. The van der Waals surface area contributed by atoms with Crippen molar-refractivity contribution in [1.82, 2.24) is 4.98 Å². The normalized spacial score (nSPS) is 9.89. The molecule has 94 valence electrons. The van der Waals surface area contributed by atoms with Crippen molar-refractivity contribution in [2.45, 2.75) is 9.79 Å². The van der Waals surface area contributed by atoms with Gasteiger partial charge in [0.25, 0.3) is 0 Å². The van der Waals surface area contributed by atoms with Crippen molar-refractivity contribution in [3.05, 3.63) is 52.3 Å². The summed E-state index contributed by atoms with van der Waals surface area (Å²) in [6, 6.07) is 8.56. The number of halogens is 1. The number of carbonyl (C=O) groups is 1. The highest BCUT2D eigenvalue weighted by Crippen LogP contribution is 2.33. The van der Waals surface area contributed by atoms with E-state index in [2.05, 4.69) is 27.0 Å². The van der Waals surface area contributed by atoms with E-state index in [1.54, 1.807) is 24.4 Å². The molecule has 0 aliphatic heterocycles. The molecule has 1 heterocycles. The van der Waals surface area contributed by atoms with Crippen LogP contribution in [0.4, 0.5) is 0 Å². The largest absolute Gasteiger partial charge is 0.478 e. The third-order valence-corrected chi connectivity index (χ3v) is 3.90. The minimum absolute atomic E-state index is 0.195. The van der Waals surface area contributed by atoms with Crippen LogP contribution in [0.1, 0.15) is 15.9 Å². The van der Waals surface area contributed by atoms with Gasteiger partial charge in [-0.25, -0.2) is 4.79 Å². The van der Waals surface area contributed by atoms with E-state index in [0.717, 1.165) is 4.47 Å². The van der Waals surface area contributed by atoms with Crippen LogP contribution < -0.4 is 0 Å². The van der Waals surface area contributed by atoms with Crippen LogP contribution in [0.5, 0.6) is 0 Å². The third kappa shape index (κ3) is 3.13. The molecule has 0 amide bonds. The summed E-state index contributed by atoms with van der Waals surface area (Å²) < 4.78 is 0.780. The van der Waals surface area contributed by atoms with Crippen LogP contribution in [-0.2, 0) is 0 Å². The van der Waals surface area contributed by atoms with E-state index >= 15 is 0 Å². The lowest BCUT2D eigenvalue weighted by atomic mass is 10.2. The Labute approximate surface area is 122 Å². The van der Waals surface area contributed by atoms with Gasteiger partial charge in [0, 0.05) is 26.7 Å². The Bertz CT molecular complexity index is 683. The van der Waals surface area contributed by atoms with E-state index in [1.165, 1.54) is 24.0 Å². The lowest BCUT2D eigenvalue weighted by molar-refractivity contribution is 0.0693. The maximum absolute atomic E-state index is 11.2. The molecule has 4 nitrogen and oxygen atoms in total. The predicted octanol–water partition coefficient (Wildman–Crippen LogP) is 3.57. The number of aromatic carboxylic acids is 1. The van der Waals surface area contributed by atoms with Crippen molar-refractivity contribution >= 4 is 33.7 Å². The van der Waals surface area contributed by atoms with E-state index in [1.807, 2.05) is 0 Å². The monoisotopic (exact) mass is 334 g/mol. The van der Waals surface area contributed by atoms with Gasteiger partial charge in [-0.1, -0.05) is 27.7 Å². The molecule has 0 aliphatic rings. The third-order valence-electron chi connectivity index (χ3n) is 2.30. The molecule has 19 heavy (non-hydrogen) atoms. The number of hydrogen-bond donors (Lipinski definition) is 1. The molecule has 0 saturated carbocycles. The molecule has 2 aromatic rings. The molecule has 0 spiro atoms. The number of carboxylic acid groups (broad SMARTS) is 1. The summed E-state index contributed by atoms with van der Waals surface area (Å²) in [5, 5.41) is 18.2. The number of benzene rings is 1. The van der Waals surface area contributed by atoms with Gasteiger partial charge >= 0.3 is 5.97 Å². The molecule has 0 bridgehead atoms. The van der Waals surface area contributed by atoms with Gasteiger partial charge < -0.3 is 5.11 Å². The molecule has 0 fully saturated rings. The zero-order valence-corrected chi connectivity index (χ0v) is 11.9. The standard InChI is InChI=1S/C13H7BrN2O2S/c14-9-1-2-10(13(17)18)11(5-9)19-12-7-16-4-3-8(12)6-15/h1-5,7H,(H,17,18). The Morgan fingerprint density at radius 1 is 1.37 bits per heavy atom. The van der Waals surface area contributed by atoms with Crippen molar-refractivity contribution in [3.8, 4) is 6.07 Å². The summed E-state index contributed by atoms with van der Waals surface area (Å²) in [5.74, 6) is -1.00. The van der Waals surface area contributed by atoms with Gasteiger partial charge in [0.1, 0.15) is 6.07 Å². The SMILES string of the molecule is N#Cc1ccncc1Sc1cc(Br)ccc1C(=O)O. The summed E-state index contributed by atoms with van der Waals surface area (Å²) in [6.45, 7) is 0. The zero-order valence-electron chi connectivity index (χ0n) is 9.50. The predicted molar refractivity (Wildman–Crippen MR) is 74.2 cm³/mol. The Morgan fingerprint density at radius 2 is 2.16 bits per heavy atom. The first-order valence-corrected chi connectivity index (χ1v) is 6.77.